The molecule has 0 aromatic heterocycles. The van der Waals surface area contributed by atoms with E-state index in [2.05, 4.69) is 40.1 Å². The van der Waals surface area contributed by atoms with Gasteiger partial charge in [0.25, 0.3) is 0 Å². The average Bonchev–Trinajstić information content (AvgIpc) is 3.37. The molecule has 3 N–H and O–H groups in total. The zero-order valence-electron chi connectivity index (χ0n) is 21.4. The molecule has 2 aromatic rings. The molecular formula is C27H32N6O3S. The van der Waals surface area contributed by atoms with Crippen LogP contribution in [0.5, 0.6) is 11.5 Å². The number of amides is 1. The second-order valence-corrected chi connectivity index (χ2v) is 9.74. The lowest BCUT2D eigenvalue weighted by molar-refractivity contribution is -0.111. The summed E-state index contributed by atoms with van der Waals surface area (Å²) in [5.74, 6) is 1.14. The van der Waals surface area contributed by atoms with Crippen molar-refractivity contribution in [1.29, 1.82) is 0 Å². The third-order valence-corrected chi connectivity index (χ3v) is 6.93. The summed E-state index contributed by atoms with van der Waals surface area (Å²) in [5.41, 5.74) is 4.15. The number of methoxy groups -OCH3 is 1. The first-order valence-electron chi connectivity index (χ1n) is 11.9. The fourth-order valence-electron chi connectivity index (χ4n) is 3.92. The number of hydrogen-bond donors (Lipinski definition) is 3. The highest BCUT2D eigenvalue weighted by Crippen LogP contribution is 2.40. The van der Waals surface area contributed by atoms with Crippen molar-refractivity contribution in [2.45, 2.75) is 11.3 Å². The van der Waals surface area contributed by atoms with E-state index in [0.29, 0.717) is 42.0 Å². The van der Waals surface area contributed by atoms with E-state index in [0.717, 1.165) is 17.0 Å². The molecule has 2 aliphatic rings. The van der Waals surface area contributed by atoms with E-state index in [1.807, 2.05) is 44.3 Å². The molecule has 0 bridgehead atoms. The summed E-state index contributed by atoms with van der Waals surface area (Å²) in [6, 6.07) is 11.6. The van der Waals surface area contributed by atoms with Gasteiger partial charge in [-0.05, 0) is 55.4 Å². The summed E-state index contributed by atoms with van der Waals surface area (Å²) in [4.78, 5) is 23.9. The Labute approximate surface area is 221 Å². The van der Waals surface area contributed by atoms with E-state index in [1.165, 1.54) is 6.08 Å². The lowest BCUT2D eigenvalue weighted by Gasteiger charge is -2.26. The highest BCUT2D eigenvalue weighted by Gasteiger charge is 2.33. The Morgan fingerprint density at radius 2 is 2.05 bits per heavy atom. The van der Waals surface area contributed by atoms with Crippen molar-refractivity contribution < 1.29 is 14.3 Å². The Kier molecular flexibility index (Phi) is 8.52. The molecule has 2 atom stereocenters. The standard InChI is InChI=1S/C27H32N6O3S/c1-6-24(34)29-21-15-20(22(35-5)16-23(21)36-12-11-33(3)4)31-27-30-19-10-13-37-26(19)25(32-27)17-8-7-9-18(14-17)28-2/h6-10,13-16,25-26,28H,1,11-12H2,2-5H3,(H,29,34)(H,31,32). The minimum absolute atomic E-state index is 0.106. The summed E-state index contributed by atoms with van der Waals surface area (Å²) in [7, 11) is 7.42. The number of benzene rings is 2. The van der Waals surface area contributed by atoms with Gasteiger partial charge in [0, 0.05) is 25.3 Å². The molecule has 0 saturated carbocycles. The maximum absolute atomic E-state index is 12.1. The third kappa shape index (κ3) is 6.33. The van der Waals surface area contributed by atoms with Crippen molar-refractivity contribution >= 4 is 46.4 Å². The number of fused-ring (bicyclic) bond motifs is 1. The second-order valence-electron chi connectivity index (χ2n) is 8.69. The predicted octanol–water partition coefficient (Wildman–Crippen LogP) is 4.39. The third-order valence-electron chi connectivity index (χ3n) is 5.84. The normalized spacial score (nSPS) is 18.0. The SMILES string of the molecule is C=CC(=O)Nc1cc(NC2=NC(c3cccc(NC)c3)C3SC=CC3=N2)c(OC)cc1OCCN(C)C. The van der Waals surface area contributed by atoms with Crippen molar-refractivity contribution in [3.63, 3.8) is 0 Å². The second kappa shape index (κ2) is 12.0. The van der Waals surface area contributed by atoms with Gasteiger partial charge in [-0.25, -0.2) is 9.98 Å². The molecule has 0 radical (unpaired) electrons. The minimum atomic E-state index is -0.343. The van der Waals surface area contributed by atoms with Gasteiger partial charge in [0.1, 0.15) is 18.1 Å². The molecule has 2 aliphatic heterocycles. The molecule has 2 aromatic carbocycles. The number of thioether (sulfide) groups is 1. The Morgan fingerprint density at radius 1 is 1.22 bits per heavy atom. The highest BCUT2D eigenvalue weighted by atomic mass is 32.2. The molecule has 1 amide bonds. The fourth-order valence-corrected chi connectivity index (χ4v) is 4.95. The number of aliphatic imine (C=N–C) groups is 2. The summed E-state index contributed by atoms with van der Waals surface area (Å²) in [5, 5.41) is 11.5. The zero-order chi connectivity index (χ0) is 26.4. The molecule has 10 heteroatoms. The van der Waals surface area contributed by atoms with Crippen LogP contribution in [0.15, 0.2) is 70.5 Å². The molecule has 194 valence electrons. The molecule has 4 rings (SSSR count). The molecule has 2 unspecified atom stereocenters. The monoisotopic (exact) mass is 520 g/mol. The number of likely N-dealkylation sites (N-methyl/N-ethyl adjacent to an activating group) is 1. The Bertz CT molecular complexity index is 1260. The van der Waals surface area contributed by atoms with Gasteiger partial charge in [0.15, 0.2) is 0 Å². The lowest BCUT2D eigenvalue weighted by Crippen LogP contribution is -2.29. The first kappa shape index (κ1) is 26.3. The molecule has 37 heavy (non-hydrogen) atoms. The molecule has 0 saturated heterocycles. The van der Waals surface area contributed by atoms with Crippen molar-refractivity contribution in [3.8, 4) is 11.5 Å². The van der Waals surface area contributed by atoms with Gasteiger partial charge in [0.05, 0.1) is 35.5 Å². The van der Waals surface area contributed by atoms with Crippen LogP contribution in [-0.4, -0.2) is 69.1 Å². The number of nitrogens with one attached hydrogen (secondary N) is 3. The van der Waals surface area contributed by atoms with Crippen LogP contribution in [0, 0.1) is 0 Å². The smallest absolute Gasteiger partial charge is 0.247 e. The summed E-state index contributed by atoms with van der Waals surface area (Å²) in [6.45, 7) is 4.71. The van der Waals surface area contributed by atoms with Crippen molar-refractivity contribution in [1.82, 2.24) is 4.90 Å². The van der Waals surface area contributed by atoms with Gasteiger partial charge < -0.3 is 30.3 Å². The van der Waals surface area contributed by atoms with E-state index in [-0.39, 0.29) is 17.2 Å². The fraction of sp³-hybridized carbons (Fsp3) is 0.296. The number of guanidine groups is 1. The van der Waals surface area contributed by atoms with Crippen LogP contribution in [0.25, 0.3) is 0 Å². The van der Waals surface area contributed by atoms with Crippen LogP contribution >= 0.6 is 11.8 Å². The number of rotatable bonds is 10. The van der Waals surface area contributed by atoms with Gasteiger partial charge in [0.2, 0.25) is 11.9 Å². The lowest BCUT2D eigenvalue weighted by atomic mass is 9.99. The van der Waals surface area contributed by atoms with Crippen LogP contribution in [-0.2, 0) is 4.79 Å². The van der Waals surface area contributed by atoms with Gasteiger partial charge in [-0.3, -0.25) is 4.79 Å². The number of anilines is 3. The van der Waals surface area contributed by atoms with Crippen LogP contribution in [0.4, 0.5) is 17.1 Å². The van der Waals surface area contributed by atoms with Crippen molar-refractivity contribution in [2.75, 3.05) is 57.4 Å². The van der Waals surface area contributed by atoms with Gasteiger partial charge in [-0.15, -0.1) is 11.8 Å². The maximum atomic E-state index is 12.1. The number of carbonyl (C=O) groups is 1. The number of allylic oxidation sites excluding steroid dienone is 1. The average molecular weight is 521 g/mol. The molecular weight excluding hydrogens is 488 g/mol. The van der Waals surface area contributed by atoms with Gasteiger partial charge >= 0.3 is 0 Å². The van der Waals surface area contributed by atoms with Gasteiger partial charge in [-0.1, -0.05) is 18.7 Å². The van der Waals surface area contributed by atoms with Crippen LogP contribution in [0.2, 0.25) is 0 Å². The largest absolute Gasteiger partial charge is 0.494 e. The number of carbonyl (C=O) groups excluding carboxylic acids is 1. The number of nitrogens with zero attached hydrogens (tertiary/aromatic N) is 3. The van der Waals surface area contributed by atoms with Gasteiger partial charge in [-0.2, -0.15) is 0 Å². The zero-order valence-corrected chi connectivity index (χ0v) is 22.3. The summed E-state index contributed by atoms with van der Waals surface area (Å²) >= 11 is 1.71. The van der Waals surface area contributed by atoms with Crippen molar-refractivity contribution in [3.05, 3.63) is 66.1 Å². The molecule has 2 heterocycles. The first-order chi connectivity index (χ1) is 17.9. The Hall–Kier alpha value is -3.76. The maximum Gasteiger partial charge on any atom is 0.247 e. The van der Waals surface area contributed by atoms with E-state index < -0.39 is 0 Å². The topological polar surface area (TPSA) is 99.6 Å². The molecule has 0 spiro atoms. The van der Waals surface area contributed by atoms with E-state index >= 15 is 0 Å². The molecule has 0 aliphatic carbocycles. The van der Waals surface area contributed by atoms with E-state index in [4.69, 9.17) is 19.5 Å². The number of hydrogen-bond acceptors (Lipinski definition) is 9. The van der Waals surface area contributed by atoms with E-state index in [1.54, 1.807) is 31.0 Å². The van der Waals surface area contributed by atoms with Crippen LogP contribution < -0.4 is 25.4 Å². The summed E-state index contributed by atoms with van der Waals surface area (Å²) < 4.78 is 11.6. The van der Waals surface area contributed by atoms with E-state index in [9.17, 15) is 4.79 Å². The summed E-state index contributed by atoms with van der Waals surface area (Å²) in [6.07, 6.45) is 3.24. The molecule has 9 nitrogen and oxygen atoms in total. The first-order valence-corrected chi connectivity index (χ1v) is 12.8. The van der Waals surface area contributed by atoms with Crippen LogP contribution in [0.1, 0.15) is 11.6 Å². The predicted molar refractivity (Wildman–Crippen MR) is 154 cm³/mol. The minimum Gasteiger partial charge on any atom is -0.494 e. The highest BCUT2D eigenvalue weighted by molar-refractivity contribution is 8.04. The molecule has 0 fully saturated rings. The Morgan fingerprint density at radius 3 is 2.78 bits per heavy atom. The quantitative estimate of drug-likeness (QED) is 0.400. The van der Waals surface area contributed by atoms with Crippen molar-refractivity contribution in [2.24, 2.45) is 9.98 Å². The van der Waals surface area contributed by atoms with Crippen LogP contribution in [0.3, 0.4) is 0 Å². The number of ether oxygens (including phenoxy) is 2. The Balaban J connectivity index is 1.68.